The van der Waals surface area contributed by atoms with E-state index < -0.39 is 0 Å². The van der Waals surface area contributed by atoms with Gasteiger partial charge in [0.05, 0.1) is 0 Å². The second kappa shape index (κ2) is 10.3. The number of fused-ring (bicyclic) bond motifs is 12. The summed E-state index contributed by atoms with van der Waals surface area (Å²) in [6, 6.07) is 52.1. The fourth-order valence-corrected chi connectivity index (χ4v) is 7.57. The van der Waals surface area contributed by atoms with Gasteiger partial charge in [0.25, 0.3) is 0 Å². The van der Waals surface area contributed by atoms with Crippen LogP contribution in [0.15, 0.2) is 160 Å². The molecule has 11 rings (SSSR count). The molecule has 0 N–H and O–H groups in total. The Balaban J connectivity index is 1.26. The highest BCUT2D eigenvalue weighted by Crippen LogP contribution is 2.45. The molecule has 8 aromatic carbocycles. The number of benzene rings is 8. The lowest BCUT2D eigenvalue weighted by molar-refractivity contribution is 0.669. The third-order valence-corrected chi connectivity index (χ3v) is 9.88. The summed E-state index contributed by atoms with van der Waals surface area (Å²) < 4.78 is 13.1. The smallest absolute Gasteiger partial charge is 0.164 e. The van der Waals surface area contributed by atoms with Crippen LogP contribution >= 0.6 is 0 Å². The fraction of sp³-hybridized carbons (Fsp3) is 0. The zero-order chi connectivity index (χ0) is 32.8. The molecule has 0 saturated carbocycles. The summed E-state index contributed by atoms with van der Waals surface area (Å²) in [5.41, 5.74) is 5.95. The second-order valence-electron chi connectivity index (χ2n) is 12.8. The normalized spacial score (nSPS) is 12.0. The molecule has 0 fully saturated rings. The van der Waals surface area contributed by atoms with Gasteiger partial charge in [-0.1, -0.05) is 121 Å². The number of aromatic nitrogens is 3. The molecule has 0 aliphatic carbocycles. The van der Waals surface area contributed by atoms with Gasteiger partial charge in [0.2, 0.25) is 0 Å². The minimum Gasteiger partial charge on any atom is -0.456 e. The Labute approximate surface area is 285 Å². The summed E-state index contributed by atoms with van der Waals surface area (Å²) in [5, 5.41) is 10.9. The fourth-order valence-electron chi connectivity index (χ4n) is 7.57. The Kier molecular flexibility index (Phi) is 5.60. The largest absolute Gasteiger partial charge is 0.456 e. The van der Waals surface area contributed by atoms with Crippen molar-refractivity contribution in [2.24, 2.45) is 0 Å². The maximum absolute atomic E-state index is 6.87. The van der Waals surface area contributed by atoms with Crippen molar-refractivity contribution < 1.29 is 8.83 Å². The molecule has 0 spiro atoms. The first-order chi connectivity index (χ1) is 24.8. The zero-order valence-electron chi connectivity index (χ0n) is 26.6. The molecule has 0 aliphatic heterocycles. The van der Waals surface area contributed by atoms with Crippen LogP contribution in [0.4, 0.5) is 0 Å². The van der Waals surface area contributed by atoms with Crippen LogP contribution in [0.2, 0.25) is 0 Å². The van der Waals surface area contributed by atoms with Crippen LogP contribution < -0.4 is 0 Å². The van der Waals surface area contributed by atoms with Gasteiger partial charge in [-0.3, -0.25) is 0 Å². The number of hydrogen-bond donors (Lipinski definition) is 0. The monoisotopic (exact) mass is 639 g/mol. The van der Waals surface area contributed by atoms with Crippen LogP contribution in [0.25, 0.3) is 110 Å². The van der Waals surface area contributed by atoms with E-state index in [1.165, 1.54) is 0 Å². The van der Waals surface area contributed by atoms with Crippen LogP contribution in [-0.4, -0.2) is 15.0 Å². The Bertz CT molecular complexity index is 3160. The molecular formula is C45H25N3O2. The van der Waals surface area contributed by atoms with E-state index in [1.54, 1.807) is 0 Å². The lowest BCUT2D eigenvalue weighted by atomic mass is 9.94. The van der Waals surface area contributed by atoms with Gasteiger partial charge in [0.1, 0.15) is 22.3 Å². The maximum Gasteiger partial charge on any atom is 0.164 e. The summed E-state index contributed by atoms with van der Waals surface area (Å²) in [5.74, 6) is 1.74. The van der Waals surface area contributed by atoms with Gasteiger partial charge in [-0.2, -0.15) is 0 Å². The van der Waals surface area contributed by atoms with Gasteiger partial charge >= 0.3 is 0 Å². The third-order valence-electron chi connectivity index (χ3n) is 9.88. The number of nitrogens with zero attached hydrogens (tertiary/aromatic N) is 3. The average molecular weight is 640 g/mol. The molecule has 232 valence electrons. The maximum atomic E-state index is 6.87. The molecule has 50 heavy (non-hydrogen) atoms. The molecular weight excluding hydrogens is 615 g/mol. The topological polar surface area (TPSA) is 65.0 Å². The molecule has 5 heteroatoms. The first kappa shape index (κ1) is 27.1. The lowest BCUT2D eigenvalue weighted by Crippen LogP contribution is -2.00. The van der Waals surface area contributed by atoms with Gasteiger partial charge in [0.15, 0.2) is 17.5 Å². The van der Waals surface area contributed by atoms with E-state index in [0.29, 0.717) is 17.5 Å². The SMILES string of the molecule is c1ccc(-c2nc(-c3ccc4c(c3)oc3ccccc34)nc(-c3cc4ccc5ccccc5c4c4oc5ccc6ccccc6c5c34)n2)cc1. The first-order valence-electron chi connectivity index (χ1n) is 16.7. The van der Waals surface area contributed by atoms with E-state index in [9.17, 15) is 0 Å². The number of furan rings is 2. The molecule has 0 radical (unpaired) electrons. The molecule has 0 saturated heterocycles. The zero-order valence-corrected chi connectivity index (χ0v) is 26.6. The Morgan fingerprint density at radius 1 is 0.340 bits per heavy atom. The number of rotatable bonds is 3. The van der Waals surface area contributed by atoms with Gasteiger partial charge in [-0.05, 0) is 57.3 Å². The van der Waals surface area contributed by atoms with Gasteiger partial charge in [0, 0.05) is 43.6 Å². The Morgan fingerprint density at radius 3 is 1.78 bits per heavy atom. The predicted molar refractivity (Wildman–Crippen MR) is 203 cm³/mol. The van der Waals surface area contributed by atoms with Crippen molar-refractivity contribution in [3.05, 3.63) is 152 Å². The van der Waals surface area contributed by atoms with Crippen LogP contribution in [0.3, 0.4) is 0 Å². The van der Waals surface area contributed by atoms with Gasteiger partial charge in [-0.15, -0.1) is 0 Å². The summed E-state index contributed by atoms with van der Waals surface area (Å²) in [7, 11) is 0. The van der Waals surface area contributed by atoms with Crippen molar-refractivity contribution >= 4 is 76.2 Å². The van der Waals surface area contributed by atoms with Gasteiger partial charge in [-0.25, -0.2) is 15.0 Å². The minimum atomic E-state index is 0.570. The van der Waals surface area contributed by atoms with E-state index in [2.05, 4.69) is 97.1 Å². The summed E-state index contributed by atoms with van der Waals surface area (Å²) >= 11 is 0. The van der Waals surface area contributed by atoms with E-state index >= 15 is 0 Å². The quantitative estimate of drug-likeness (QED) is 0.180. The van der Waals surface area contributed by atoms with Crippen molar-refractivity contribution in [2.45, 2.75) is 0 Å². The van der Waals surface area contributed by atoms with Crippen LogP contribution in [-0.2, 0) is 0 Å². The molecule has 5 nitrogen and oxygen atoms in total. The summed E-state index contributed by atoms with van der Waals surface area (Å²) in [4.78, 5) is 15.5. The lowest BCUT2D eigenvalue weighted by Gasteiger charge is -2.12. The number of para-hydroxylation sites is 1. The minimum absolute atomic E-state index is 0.570. The first-order valence-corrected chi connectivity index (χ1v) is 16.7. The highest BCUT2D eigenvalue weighted by atomic mass is 16.3. The molecule has 0 unspecified atom stereocenters. The molecule has 3 aromatic heterocycles. The summed E-state index contributed by atoms with van der Waals surface area (Å²) in [6.07, 6.45) is 0. The molecule has 0 atom stereocenters. The standard InChI is InChI=1S/C45H25N3O2/c1-2-12-28(13-3-1)43-46-44(30-20-22-34-33-16-8-9-17-36(33)49-38(34)25-30)48-45(47-43)35-24-29-19-18-26-10-4-6-14-31(26)39(29)42-41(35)40-32-15-7-5-11-27(32)21-23-37(40)50-42/h1-25H. The van der Waals surface area contributed by atoms with Crippen LogP contribution in [0.5, 0.6) is 0 Å². The summed E-state index contributed by atoms with van der Waals surface area (Å²) in [6.45, 7) is 0. The van der Waals surface area contributed by atoms with Crippen molar-refractivity contribution in [1.29, 1.82) is 0 Å². The number of hydrogen-bond acceptors (Lipinski definition) is 5. The molecule has 0 aliphatic rings. The van der Waals surface area contributed by atoms with E-state index in [4.69, 9.17) is 23.8 Å². The van der Waals surface area contributed by atoms with Gasteiger partial charge < -0.3 is 8.83 Å². The molecule has 0 amide bonds. The predicted octanol–water partition coefficient (Wildman–Crippen LogP) is 12.1. The molecule has 0 bridgehead atoms. The van der Waals surface area contributed by atoms with Crippen LogP contribution in [0.1, 0.15) is 0 Å². The average Bonchev–Trinajstić information content (AvgIpc) is 3.76. The third kappa shape index (κ3) is 3.98. The highest BCUT2D eigenvalue weighted by Gasteiger charge is 2.23. The van der Waals surface area contributed by atoms with E-state index in [0.717, 1.165) is 92.9 Å². The molecule has 3 heterocycles. The van der Waals surface area contributed by atoms with Crippen LogP contribution in [0, 0.1) is 0 Å². The van der Waals surface area contributed by atoms with E-state index in [1.807, 2.05) is 54.6 Å². The molecule has 11 aromatic rings. The van der Waals surface area contributed by atoms with Crippen molar-refractivity contribution in [1.82, 2.24) is 15.0 Å². The van der Waals surface area contributed by atoms with Crippen molar-refractivity contribution in [3.63, 3.8) is 0 Å². The van der Waals surface area contributed by atoms with Crippen molar-refractivity contribution in [3.8, 4) is 34.2 Å². The highest BCUT2D eigenvalue weighted by molar-refractivity contribution is 6.30. The van der Waals surface area contributed by atoms with Crippen molar-refractivity contribution in [2.75, 3.05) is 0 Å². The Hall–Kier alpha value is -6.85. The van der Waals surface area contributed by atoms with E-state index in [-0.39, 0.29) is 0 Å². The second-order valence-corrected chi connectivity index (χ2v) is 12.8. The Morgan fingerprint density at radius 2 is 0.960 bits per heavy atom.